The lowest BCUT2D eigenvalue weighted by Gasteiger charge is -2.35. The van der Waals surface area contributed by atoms with Gasteiger partial charge in [-0.1, -0.05) is 6.07 Å². The first kappa shape index (κ1) is 14.9. The van der Waals surface area contributed by atoms with Gasteiger partial charge >= 0.3 is 0 Å². The van der Waals surface area contributed by atoms with Crippen LogP contribution in [0.15, 0.2) is 36.7 Å². The molecule has 0 amide bonds. The number of anilines is 2. The first-order valence-electron chi connectivity index (χ1n) is 7.97. The molecule has 1 atom stereocenters. The molecule has 1 N–H and O–H groups in total. The number of aromatic nitrogens is 3. The second-order valence-corrected chi connectivity index (χ2v) is 6.07. The minimum absolute atomic E-state index is 0.509. The van der Waals surface area contributed by atoms with E-state index in [1.54, 1.807) is 18.5 Å². The zero-order valence-electron chi connectivity index (χ0n) is 13.2. The molecule has 0 radical (unpaired) electrons. The van der Waals surface area contributed by atoms with Crippen molar-refractivity contribution in [3.8, 4) is 0 Å². The molecule has 0 aliphatic carbocycles. The average molecular weight is 297 g/mol. The van der Waals surface area contributed by atoms with Crippen LogP contribution in [0, 0.1) is 0 Å². The highest BCUT2D eigenvalue weighted by Gasteiger charge is 2.23. The Hall–Kier alpha value is -2.01. The second-order valence-electron chi connectivity index (χ2n) is 6.07. The normalized spacial score (nSPS) is 19.3. The first-order chi connectivity index (χ1) is 10.7. The molecule has 1 aliphatic heterocycles. The number of pyridine rings is 1. The smallest absolute Gasteiger partial charge is 0.228 e. The topological polar surface area (TPSA) is 53.9 Å². The van der Waals surface area contributed by atoms with Crippen LogP contribution in [0.4, 0.5) is 11.8 Å². The monoisotopic (exact) mass is 297 g/mol. The first-order valence-corrected chi connectivity index (χ1v) is 7.97. The highest BCUT2D eigenvalue weighted by Crippen LogP contribution is 2.27. The van der Waals surface area contributed by atoms with Crippen molar-refractivity contribution in [2.45, 2.75) is 38.6 Å². The predicted molar refractivity (Wildman–Crippen MR) is 88.2 cm³/mol. The summed E-state index contributed by atoms with van der Waals surface area (Å²) in [5.41, 5.74) is 1.16. The van der Waals surface area contributed by atoms with Gasteiger partial charge in [-0.2, -0.15) is 0 Å². The fraction of sp³-hybridized carbons (Fsp3) is 0.471. The third-order valence-electron chi connectivity index (χ3n) is 4.18. The quantitative estimate of drug-likeness (QED) is 0.939. The van der Waals surface area contributed by atoms with E-state index in [1.807, 2.05) is 6.07 Å². The average Bonchev–Trinajstić information content (AvgIpc) is 2.56. The number of nitrogens with zero attached hydrogens (tertiary/aromatic N) is 4. The summed E-state index contributed by atoms with van der Waals surface area (Å²) in [4.78, 5) is 15.7. The van der Waals surface area contributed by atoms with Crippen LogP contribution < -0.4 is 5.32 Å². The van der Waals surface area contributed by atoms with Gasteiger partial charge in [0.2, 0.25) is 5.95 Å². The number of hydrogen-bond acceptors (Lipinski definition) is 5. The van der Waals surface area contributed by atoms with Gasteiger partial charge in [-0.05, 0) is 51.4 Å². The van der Waals surface area contributed by atoms with Gasteiger partial charge in [0.05, 0.1) is 0 Å². The van der Waals surface area contributed by atoms with Crippen molar-refractivity contribution >= 4 is 11.8 Å². The zero-order chi connectivity index (χ0) is 15.4. The van der Waals surface area contributed by atoms with Crippen LogP contribution in [0.1, 0.15) is 38.3 Å². The van der Waals surface area contributed by atoms with Crippen LogP contribution in [0.25, 0.3) is 0 Å². The largest absolute Gasteiger partial charge is 0.309 e. The zero-order valence-corrected chi connectivity index (χ0v) is 13.2. The molecule has 3 rings (SSSR count). The maximum Gasteiger partial charge on any atom is 0.228 e. The highest BCUT2D eigenvalue weighted by molar-refractivity contribution is 5.47. The van der Waals surface area contributed by atoms with E-state index < -0.39 is 0 Å². The van der Waals surface area contributed by atoms with Gasteiger partial charge in [-0.15, -0.1) is 0 Å². The molecule has 3 heterocycles. The molecule has 0 aromatic carbocycles. The van der Waals surface area contributed by atoms with Gasteiger partial charge in [0.25, 0.3) is 0 Å². The van der Waals surface area contributed by atoms with Crippen LogP contribution in [0.3, 0.4) is 0 Å². The maximum absolute atomic E-state index is 4.77. The molecule has 22 heavy (non-hydrogen) atoms. The molecule has 5 heteroatoms. The SMILES string of the molecule is CC(C)N1CCC[C@H](c2cccc(Nc3ncccn3)n2)C1. The fourth-order valence-electron chi connectivity index (χ4n) is 2.94. The molecule has 0 unspecified atom stereocenters. The molecule has 0 saturated carbocycles. The van der Waals surface area contributed by atoms with E-state index in [0.717, 1.165) is 18.1 Å². The third kappa shape index (κ3) is 3.60. The summed E-state index contributed by atoms with van der Waals surface area (Å²) >= 11 is 0. The summed E-state index contributed by atoms with van der Waals surface area (Å²) in [6, 6.07) is 8.55. The summed E-state index contributed by atoms with van der Waals surface area (Å²) in [5, 5.41) is 3.17. The van der Waals surface area contributed by atoms with Crippen molar-refractivity contribution in [3.05, 3.63) is 42.4 Å². The summed E-state index contributed by atoms with van der Waals surface area (Å²) in [6.07, 6.45) is 5.90. The Bertz CT molecular complexity index is 599. The van der Waals surface area contributed by atoms with E-state index in [9.17, 15) is 0 Å². The number of nitrogens with one attached hydrogen (secondary N) is 1. The predicted octanol–water partition coefficient (Wildman–Crippen LogP) is 3.20. The van der Waals surface area contributed by atoms with E-state index in [1.165, 1.54) is 19.4 Å². The van der Waals surface area contributed by atoms with E-state index in [0.29, 0.717) is 17.9 Å². The lowest BCUT2D eigenvalue weighted by atomic mass is 9.93. The lowest BCUT2D eigenvalue weighted by Crippen LogP contribution is -2.39. The van der Waals surface area contributed by atoms with Crippen molar-refractivity contribution in [1.29, 1.82) is 0 Å². The number of hydrogen-bond donors (Lipinski definition) is 1. The van der Waals surface area contributed by atoms with Crippen LogP contribution in [0.2, 0.25) is 0 Å². The number of piperidine rings is 1. The molecular formula is C17H23N5. The molecule has 116 valence electrons. The molecule has 2 aromatic heterocycles. The Morgan fingerprint density at radius 3 is 2.77 bits per heavy atom. The molecule has 1 aliphatic rings. The second kappa shape index (κ2) is 6.83. The van der Waals surface area contributed by atoms with Crippen LogP contribution in [-0.4, -0.2) is 39.0 Å². The Balaban J connectivity index is 1.73. The number of likely N-dealkylation sites (tertiary alicyclic amines) is 1. The van der Waals surface area contributed by atoms with Gasteiger partial charge in [0, 0.05) is 36.6 Å². The van der Waals surface area contributed by atoms with Gasteiger partial charge in [-0.3, -0.25) is 0 Å². The molecule has 2 aromatic rings. The van der Waals surface area contributed by atoms with Crippen molar-refractivity contribution in [2.75, 3.05) is 18.4 Å². The van der Waals surface area contributed by atoms with Gasteiger partial charge in [0.1, 0.15) is 5.82 Å². The lowest BCUT2D eigenvalue weighted by molar-refractivity contribution is 0.166. The van der Waals surface area contributed by atoms with E-state index >= 15 is 0 Å². The van der Waals surface area contributed by atoms with Crippen LogP contribution >= 0.6 is 0 Å². The fourth-order valence-corrected chi connectivity index (χ4v) is 2.94. The Morgan fingerprint density at radius 1 is 1.18 bits per heavy atom. The molecule has 1 saturated heterocycles. The molecule has 5 nitrogen and oxygen atoms in total. The number of rotatable bonds is 4. The van der Waals surface area contributed by atoms with Crippen molar-refractivity contribution in [1.82, 2.24) is 19.9 Å². The molecular weight excluding hydrogens is 274 g/mol. The third-order valence-corrected chi connectivity index (χ3v) is 4.18. The standard InChI is InChI=1S/C17H23N5/c1-13(2)22-11-4-6-14(12-22)15-7-3-8-16(20-15)21-17-18-9-5-10-19-17/h3,5,7-10,13-14H,4,6,11-12H2,1-2H3,(H,18,19,20,21)/t14-/m0/s1. The molecule has 0 bridgehead atoms. The summed E-state index contributed by atoms with van der Waals surface area (Å²) in [7, 11) is 0. The van der Waals surface area contributed by atoms with Gasteiger partial charge in [0.15, 0.2) is 0 Å². The van der Waals surface area contributed by atoms with E-state index in [4.69, 9.17) is 4.98 Å². The van der Waals surface area contributed by atoms with E-state index in [2.05, 4.69) is 46.2 Å². The Labute approximate surface area is 131 Å². The molecule has 1 fully saturated rings. The van der Waals surface area contributed by atoms with Crippen molar-refractivity contribution in [3.63, 3.8) is 0 Å². The Kier molecular flexibility index (Phi) is 4.63. The Morgan fingerprint density at radius 2 is 2.00 bits per heavy atom. The van der Waals surface area contributed by atoms with Crippen molar-refractivity contribution < 1.29 is 0 Å². The van der Waals surface area contributed by atoms with Crippen LogP contribution in [-0.2, 0) is 0 Å². The van der Waals surface area contributed by atoms with Gasteiger partial charge < -0.3 is 10.2 Å². The summed E-state index contributed by atoms with van der Waals surface area (Å²) in [5.74, 6) is 1.90. The van der Waals surface area contributed by atoms with Gasteiger partial charge in [-0.25, -0.2) is 15.0 Å². The van der Waals surface area contributed by atoms with Crippen LogP contribution in [0.5, 0.6) is 0 Å². The van der Waals surface area contributed by atoms with E-state index in [-0.39, 0.29) is 0 Å². The highest BCUT2D eigenvalue weighted by atomic mass is 15.2. The minimum Gasteiger partial charge on any atom is -0.309 e. The summed E-state index contributed by atoms with van der Waals surface area (Å²) < 4.78 is 0. The summed E-state index contributed by atoms with van der Waals surface area (Å²) in [6.45, 7) is 6.82. The minimum atomic E-state index is 0.509. The maximum atomic E-state index is 4.77. The van der Waals surface area contributed by atoms with Crippen molar-refractivity contribution in [2.24, 2.45) is 0 Å². The molecule has 0 spiro atoms.